The molecule has 2 heterocycles. The zero-order valence-electron chi connectivity index (χ0n) is 19.1. The van der Waals surface area contributed by atoms with Gasteiger partial charge in [0.2, 0.25) is 0 Å². The summed E-state index contributed by atoms with van der Waals surface area (Å²) in [6.07, 6.45) is 1.02. The lowest BCUT2D eigenvalue weighted by atomic mass is 9.93. The third kappa shape index (κ3) is 5.04. The first-order chi connectivity index (χ1) is 16.3. The molecule has 2 aromatic rings. The summed E-state index contributed by atoms with van der Waals surface area (Å²) in [5, 5.41) is 7.14. The molecule has 1 saturated heterocycles. The fraction of sp³-hybridized carbons (Fsp3) is 0.292. The van der Waals surface area contributed by atoms with Crippen LogP contribution in [0.5, 0.6) is 0 Å². The van der Waals surface area contributed by atoms with Crippen LogP contribution in [0.1, 0.15) is 24.9 Å². The number of allylic oxidation sites excluding steroid dienone is 1. The molecule has 0 bridgehead atoms. The molecule has 0 spiro atoms. The summed E-state index contributed by atoms with van der Waals surface area (Å²) < 4.78 is 0. The van der Waals surface area contributed by atoms with Crippen molar-refractivity contribution >= 4 is 63.4 Å². The molecule has 0 aliphatic carbocycles. The molecule has 0 saturated carbocycles. The summed E-state index contributed by atoms with van der Waals surface area (Å²) in [5.41, 5.74) is 3.32. The van der Waals surface area contributed by atoms with Gasteiger partial charge >= 0.3 is 6.03 Å². The van der Waals surface area contributed by atoms with E-state index in [2.05, 4.69) is 15.5 Å². The van der Waals surface area contributed by atoms with Crippen molar-refractivity contribution in [1.82, 2.24) is 9.80 Å². The van der Waals surface area contributed by atoms with Crippen molar-refractivity contribution in [2.24, 2.45) is 4.99 Å². The number of amides is 3. The zero-order chi connectivity index (χ0) is 24.4. The predicted octanol–water partition coefficient (Wildman–Crippen LogP) is 5.85. The van der Waals surface area contributed by atoms with E-state index in [9.17, 15) is 9.59 Å². The number of hydrogen-bond donors (Lipinski definition) is 2. The van der Waals surface area contributed by atoms with E-state index >= 15 is 0 Å². The number of likely N-dealkylation sites (N-methyl/N-ethyl adjacent to an activating group) is 1. The Labute approximate surface area is 213 Å². The summed E-state index contributed by atoms with van der Waals surface area (Å²) in [6.45, 7) is 2.72. The molecule has 0 radical (unpaired) electrons. The lowest BCUT2D eigenvalue weighted by Gasteiger charge is -2.41. The highest BCUT2D eigenvalue weighted by atomic mass is 35.5. The first-order valence-corrected chi connectivity index (χ1v) is 12.5. The SMILES string of the molecule is CC1=C(C(=O)N(C)C)C(c2ccc(NC(=O)Nc3c(Cl)cccc3Cl)cc2)N2CCCSC2=N1. The van der Waals surface area contributed by atoms with E-state index in [1.807, 2.05) is 31.2 Å². The van der Waals surface area contributed by atoms with Gasteiger partial charge in [0, 0.05) is 32.1 Å². The number of benzene rings is 2. The van der Waals surface area contributed by atoms with Crippen LogP contribution in [-0.2, 0) is 4.79 Å². The van der Waals surface area contributed by atoms with E-state index in [1.54, 1.807) is 49.0 Å². The van der Waals surface area contributed by atoms with Gasteiger partial charge in [-0.05, 0) is 43.2 Å². The Morgan fingerprint density at radius 3 is 2.41 bits per heavy atom. The fourth-order valence-corrected chi connectivity index (χ4v) is 5.48. The second-order valence-electron chi connectivity index (χ2n) is 8.19. The fourth-order valence-electron chi connectivity index (χ4n) is 3.97. The Morgan fingerprint density at radius 1 is 1.09 bits per heavy atom. The number of nitrogens with zero attached hydrogens (tertiary/aromatic N) is 3. The second kappa shape index (κ2) is 10.3. The smallest absolute Gasteiger partial charge is 0.323 e. The van der Waals surface area contributed by atoms with Crippen LogP contribution in [0.2, 0.25) is 10.0 Å². The van der Waals surface area contributed by atoms with Gasteiger partial charge in [-0.15, -0.1) is 0 Å². The minimum Gasteiger partial charge on any atom is -0.345 e. The number of halogens is 2. The molecule has 10 heteroatoms. The third-order valence-electron chi connectivity index (χ3n) is 5.58. The van der Waals surface area contributed by atoms with Gasteiger partial charge in [0.25, 0.3) is 5.91 Å². The predicted molar refractivity (Wildman–Crippen MR) is 141 cm³/mol. The van der Waals surface area contributed by atoms with Gasteiger partial charge in [0.15, 0.2) is 5.17 Å². The molecular formula is C24H25Cl2N5O2S. The standard InChI is InChI=1S/C24H25Cl2N5O2S/c1-14-19(22(32)30(2)3)21(31-12-5-13-34-24(31)27-14)15-8-10-16(11-9-15)28-23(33)29-20-17(25)6-4-7-18(20)26/h4,6-11,21H,5,12-13H2,1-3H3,(H2,28,29,33). The second-order valence-corrected chi connectivity index (χ2v) is 10.1. The number of nitrogens with one attached hydrogen (secondary N) is 2. The topological polar surface area (TPSA) is 77.0 Å². The number of rotatable bonds is 4. The van der Waals surface area contributed by atoms with Gasteiger partial charge in [-0.1, -0.05) is 53.2 Å². The van der Waals surface area contributed by atoms with Crippen LogP contribution in [0.15, 0.2) is 58.7 Å². The Kier molecular flexibility index (Phi) is 7.40. The monoisotopic (exact) mass is 517 g/mol. The summed E-state index contributed by atoms with van der Waals surface area (Å²) in [6, 6.07) is 11.8. The summed E-state index contributed by atoms with van der Waals surface area (Å²) in [7, 11) is 3.50. The van der Waals surface area contributed by atoms with Crippen LogP contribution in [0.4, 0.5) is 16.2 Å². The van der Waals surface area contributed by atoms with Gasteiger partial charge in [0.05, 0.1) is 33.0 Å². The van der Waals surface area contributed by atoms with Crippen LogP contribution in [0.3, 0.4) is 0 Å². The molecule has 2 aromatic carbocycles. The molecule has 1 atom stereocenters. The number of amidine groups is 1. The molecule has 2 N–H and O–H groups in total. The van der Waals surface area contributed by atoms with E-state index < -0.39 is 6.03 Å². The highest BCUT2D eigenvalue weighted by molar-refractivity contribution is 8.13. The maximum atomic E-state index is 13.1. The van der Waals surface area contributed by atoms with E-state index in [-0.39, 0.29) is 11.9 Å². The zero-order valence-corrected chi connectivity index (χ0v) is 21.4. The average Bonchev–Trinajstić information content (AvgIpc) is 2.81. The molecule has 34 heavy (non-hydrogen) atoms. The number of para-hydroxylation sites is 1. The Morgan fingerprint density at radius 2 is 1.76 bits per heavy atom. The normalized spacial score (nSPS) is 17.6. The van der Waals surface area contributed by atoms with Crippen molar-refractivity contribution in [2.75, 3.05) is 37.0 Å². The van der Waals surface area contributed by atoms with Crippen molar-refractivity contribution in [3.05, 3.63) is 69.3 Å². The van der Waals surface area contributed by atoms with Gasteiger partial charge in [0.1, 0.15) is 0 Å². The molecule has 4 rings (SSSR count). The molecule has 1 fully saturated rings. The van der Waals surface area contributed by atoms with Crippen LogP contribution >= 0.6 is 35.0 Å². The molecule has 0 aromatic heterocycles. The lowest BCUT2D eigenvalue weighted by molar-refractivity contribution is -0.125. The summed E-state index contributed by atoms with van der Waals surface area (Å²) >= 11 is 14.0. The number of urea groups is 1. The first-order valence-electron chi connectivity index (χ1n) is 10.8. The van der Waals surface area contributed by atoms with Crippen LogP contribution in [-0.4, -0.2) is 53.3 Å². The number of anilines is 2. The number of thioether (sulfide) groups is 1. The number of hydrogen-bond acceptors (Lipinski definition) is 5. The van der Waals surface area contributed by atoms with E-state index in [0.29, 0.717) is 27.0 Å². The van der Waals surface area contributed by atoms with E-state index in [0.717, 1.165) is 35.1 Å². The van der Waals surface area contributed by atoms with Crippen LogP contribution in [0.25, 0.3) is 0 Å². The quantitative estimate of drug-likeness (QED) is 0.533. The maximum Gasteiger partial charge on any atom is 0.323 e. The van der Waals surface area contributed by atoms with Crippen LogP contribution < -0.4 is 10.6 Å². The molecular weight excluding hydrogens is 493 g/mol. The lowest BCUT2D eigenvalue weighted by Crippen LogP contribution is -2.43. The molecule has 178 valence electrons. The number of aliphatic imine (C=N–C) groups is 1. The van der Waals surface area contributed by atoms with Crippen molar-refractivity contribution in [3.8, 4) is 0 Å². The van der Waals surface area contributed by atoms with Crippen LogP contribution in [0, 0.1) is 0 Å². The Bertz CT molecular complexity index is 1160. The minimum absolute atomic E-state index is 0.0564. The molecule has 1 unspecified atom stereocenters. The summed E-state index contributed by atoms with van der Waals surface area (Å²) in [4.78, 5) is 34.1. The molecule has 2 aliphatic heterocycles. The van der Waals surface area contributed by atoms with Crippen molar-refractivity contribution in [1.29, 1.82) is 0 Å². The third-order valence-corrected chi connectivity index (χ3v) is 7.29. The highest BCUT2D eigenvalue weighted by Gasteiger charge is 2.37. The number of fused-ring (bicyclic) bond motifs is 1. The molecule has 2 aliphatic rings. The van der Waals surface area contributed by atoms with Crippen molar-refractivity contribution in [3.63, 3.8) is 0 Å². The number of carbonyl (C=O) groups is 2. The van der Waals surface area contributed by atoms with E-state index in [4.69, 9.17) is 28.2 Å². The van der Waals surface area contributed by atoms with Gasteiger partial charge < -0.3 is 20.4 Å². The average molecular weight is 518 g/mol. The summed E-state index contributed by atoms with van der Waals surface area (Å²) in [5.74, 6) is 0.957. The van der Waals surface area contributed by atoms with Crippen molar-refractivity contribution < 1.29 is 9.59 Å². The largest absolute Gasteiger partial charge is 0.345 e. The first kappa shape index (κ1) is 24.4. The van der Waals surface area contributed by atoms with Crippen molar-refractivity contribution in [2.45, 2.75) is 19.4 Å². The highest BCUT2D eigenvalue weighted by Crippen LogP contribution is 2.40. The van der Waals surface area contributed by atoms with Gasteiger partial charge in [-0.25, -0.2) is 9.79 Å². The van der Waals surface area contributed by atoms with Gasteiger partial charge in [-0.2, -0.15) is 0 Å². The Hall–Kier alpha value is -2.68. The molecule has 3 amide bonds. The Balaban J connectivity index is 1.57. The van der Waals surface area contributed by atoms with Gasteiger partial charge in [-0.3, -0.25) is 4.79 Å². The molecule has 7 nitrogen and oxygen atoms in total. The minimum atomic E-state index is -0.457. The van der Waals surface area contributed by atoms with E-state index in [1.165, 1.54) is 0 Å². The number of carbonyl (C=O) groups excluding carboxylic acids is 2. The maximum absolute atomic E-state index is 13.1.